The molecule has 0 N–H and O–H groups in total. The van der Waals surface area contributed by atoms with Gasteiger partial charge in [0.15, 0.2) is 0 Å². The Morgan fingerprint density at radius 2 is 2.04 bits per heavy atom. The van der Waals surface area contributed by atoms with Crippen molar-refractivity contribution in [1.29, 1.82) is 0 Å². The quantitative estimate of drug-likeness (QED) is 0.506. The molecule has 4 rings (SSSR count). The summed E-state index contributed by atoms with van der Waals surface area (Å²) < 4.78 is 9.48. The van der Waals surface area contributed by atoms with Crippen molar-refractivity contribution in [2.75, 3.05) is 26.7 Å². The molecule has 1 saturated carbocycles. The Balaban J connectivity index is 1.49. The SMILES string of the molecule is CN1CCOC(C2CCC(n3cc(I)c4c(Cl)ncnc43)CC2)C1. The van der Waals surface area contributed by atoms with Crippen LogP contribution < -0.4 is 0 Å². The first-order chi connectivity index (χ1) is 11.6. The van der Waals surface area contributed by atoms with Crippen LogP contribution >= 0.6 is 34.2 Å². The van der Waals surface area contributed by atoms with Gasteiger partial charge >= 0.3 is 0 Å². The molecule has 7 heteroatoms. The van der Waals surface area contributed by atoms with Crippen molar-refractivity contribution in [3.05, 3.63) is 21.2 Å². The number of rotatable bonds is 2. The lowest BCUT2D eigenvalue weighted by Crippen LogP contribution is -2.44. The van der Waals surface area contributed by atoms with Crippen LogP contribution in [-0.4, -0.2) is 52.3 Å². The fourth-order valence-electron chi connectivity index (χ4n) is 4.13. The second-order valence-corrected chi connectivity index (χ2v) is 8.51. The molecule has 3 heterocycles. The Hall–Kier alpha value is -0.440. The molecule has 1 atom stereocenters. The fraction of sp³-hybridized carbons (Fsp3) is 0.647. The first kappa shape index (κ1) is 17.0. The van der Waals surface area contributed by atoms with E-state index in [0.29, 0.717) is 23.2 Å². The minimum Gasteiger partial charge on any atom is -0.375 e. The second kappa shape index (κ2) is 7.05. The highest BCUT2D eigenvalue weighted by atomic mass is 127. The molecule has 130 valence electrons. The molecule has 1 aliphatic heterocycles. The van der Waals surface area contributed by atoms with E-state index in [9.17, 15) is 0 Å². The zero-order chi connectivity index (χ0) is 16.7. The van der Waals surface area contributed by atoms with E-state index in [1.54, 1.807) is 6.33 Å². The molecule has 0 spiro atoms. The summed E-state index contributed by atoms with van der Waals surface area (Å²) in [5, 5.41) is 1.54. The van der Waals surface area contributed by atoms with E-state index in [0.717, 1.165) is 34.3 Å². The summed E-state index contributed by atoms with van der Waals surface area (Å²) in [5.74, 6) is 0.683. The first-order valence-electron chi connectivity index (χ1n) is 8.60. The number of fused-ring (bicyclic) bond motifs is 1. The Morgan fingerprint density at radius 3 is 2.79 bits per heavy atom. The van der Waals surface area contributed by atoms with Crippen LogP contribution in [0.5, 0.6) is 0 Å². The third-order valence-electron chi connectivity index (χ3n) is 5.47. The van der Waals surface area contributed by atoms with Gasteiger partial charge in [0.1, 0.15) is 17.1 Å². The number of hydrogen-bond acceptors (Lipinski definition) is 4. The fourth-order valence-corrected chi connectivity index (χ4v) is 5.32. The van der Waals surface area contributed by atoms with Gasteiger partial charge in [0, 0.05) is 28.9 Å². The number of halogens is 2. The van der Waals surface area contributed by atoms with E-state index in [1.165, 1.54) is 25.7 Å². The third kappa shape index (κ3) is 3.18. The van der Waals surface area contributed by atoms with Crippen LogP contribution in [0.4, 0.5) is 0 Å². The van der Waals surface area contributed by atoms with E-state index in [4.69, 9.17) is 16.3 Å². The first-order valence-corrected chi connectivity index (χ1v) is 10.1. The third-order valence-corrected chi connectivity index (χ3v) is 6.58. The largest absolute Gasteiger partial charge is 0.375 e. The van der Waals surface area contributed by atoms with E-state index in [2.05, 4.69) is 55.3 Å². The molecule has 1 aliphatic carbocycles. The van der Waals surface area contributed by atoms with Gasteiger partial charge in [-0.1, -0.05) is 11.6 Å². The van der Waals surface area contributed by atoms with Gasteiger partial charge in [-0.3, -0.25) is 0 Å². The van der Waals surface area contributed by atoms with Crippen molar-refractivity contribution >= 4 is 45.2 Å². The number of hydrogen-bond donors (Lipinski definition) is 0. The molecule has 1 unspecified atom stereocenters. The predicted molar refractivity (Wildman–Crippen MR) is 103 cm³/mol. The highest BCUT2D eigenvalue weighted by molar-refractivity contribution is 14.1. The van der Waals surface area contributed by atoms with Crippen LogP contribution in [0.2, 0.25) is 5.15 Å². The number of morpholine rings is 1. The van der Waals surface area contributed by atoms with Crippen LogP contribution in [-0.2, 0) is 4.74 Å². The van der Waals surface area contributed by atoms with Gasteiger partial charge in [-0.05, 0) is 61.2 Å². The maximum absolute atomic E-state index is 6.26. The maximum atomic E-state index is 6.26. The van der Waals surface area contributed by atoms with Crippen molar-refractivity contribution in [1.82, 2.24) is 19.4 Å². The van der Waals surface area contributed by atoms with Gasteiger partial charge in [-0.15, -0.1) is 0 Å². The van der Waals surface area contributed by atoms with Crippen LogP contribution in [0.3, 0.4) is 0 Å². The highest BCUT2D eigenvalue weighted by Crippen LogP contribution is 2.38. The second-order valence-electron chi connectivity index (χ2n) is 6.99. The van der Waals surface area contributed by atoms with Gasteiger partial charge in [0.25, 0.3) is 0 Å². The minimum absolute atomic E-state index is 0.406. The summed E-state index contributed by atoms with van der Waals surface area (Å²) >= 11 is 8.59. The minimum atomic E-state index is 0.406. The Morgan fingerprint density at radius 1 is 1.25 bits per heavy atom. The zero-order valence-electron chi connectivity index (χ0n) is 13.8. The van der Waals surface area contributed by atoms with Gasteiger partial charge < -0.3 is 14.2 Å². The molecule has 2 fully saturated rings. The Kier molecular flexibility index (Phi) is 5.00. The summed E-state index contributed by atoms with van der Waals surface area (Å²) in [4.78, 5) is 11.0. The highest BCUT2D eigenvalue weighted by Gasteiger charge is 2.32. The van der Waals surface area contributed by atoms with Crippen LogP contribution in [0.15, 0.2) is 12.5 Å². The van der Waals surface area contributed by atoms with Crippen molar-refractivity contribution in [2.45, 2.75) is 37.8 Å². The normalized spacial score (nSPS) is 29.2. The van der Waals surface area contributed by atoms with Crippen molar-refractivity contribution in [2.24, 2.45) is 5.92 Å². The van der Waals surface area contributed by atoms with Crippen LogP contribution in [0, 0.1) is 9.49 Å². The molecule has 24 heavy (non-hydrogen) atoms. The number of aromatic nitrogens is 3. The summed E-state index contributed by atoms with van der Waals surface area (Å²) in [5.41, 5.74) is 0.969. The number of ether oxygens (including phenoxy) is 1. The molecular formula is C17H22ClIN4O. The number of likely N-dealkylation sites (N-methyl/N-ethyl adjacent to an activating group) is 1. The van der Waals surface area contributed by atoms with E-state index in [-0.39, 0.29) is 0 Å². The molecule has 0 aromatic carbocycles. The molecule has 5 nitrogen and oxygen atoms in total. The van der Waals surface area contributed by atoms with Gasteiger partial charge in [0.2, 0.25) is 0 Å². The van der Waals surface area contributed by atoms with E-state index in [1.807, 2.05) is 0 Å². The van der Waals surface area contributed by atoms with Crippen LogP contribution in [0.25, 0.3) is 11.0 Å². The lowest BCUT2D eigenvalue weighted by Gasteiger charge is -2.38. The Labute approximate surface area is 160 Å². The number of nitrogens with zero attached hydrogens (tertiary/aromatic N) is 4. The summed E-state index contributed by atoms with van der Waals surface area (Å²) in [6.07, 6.45) is 8.95. The van der Waals surface area contributed by atoms with Crippen molar-refractivity contribution < 1.29 is 4.74 Å². The molecule has 2 aliphatic rings. The average molecular weight is 461 g/mol. The smallest absolute Gasteiger partial charge is 0.146 e. The molecule has 0 radical (unpaired) electrons. The standard InChI is InChI=1S/C17H22ClIN4O/c1-22-6-7-24-14(9-22)11-2-4-12(5-3-11)23-8-13(19)15-16(18)20-10-21-17(15)23/h8,10-12,14H,2-7,9H2,1H3. The Bertz CT molecular complexity index is 729. The predicted octanol–water partition coefficient (Wildman–Crippen LogP) is 3.75. The van der Waals surface area contributed by atoms with Crippen LogP contribution in [0.1, 0.15) is 31.7 Å². The molecule has 1 saturated heterocycles. The van der Waals surface area contributed by atoms with Gasteiger partial charge in [-0.25, -0.2) is 9.97 Å². The van der Waals surface area contributed by atoms with Gasteiger partial charge in [0.05, 0.1) is 18.1 Å². The van der Waals surface area contributed by atoms with E-state index >= 15 is 0 Å². The lowest BCUT2D eigenvalue weighted by molar-refractivity contribution is -0.0599. The molecule has 2 aromatic rings. The average Bonchev–Trinajstić information content (AvgIpc) is 2.93. The molecule has 2 aromatic heterocycles. The zero-order valence-corrected chi connectivity index (χ0v) is 16.7. The summed E-state index contributed by atoms with van der Waals surface area (Å²) in [6, 6.07) is 0.500. The summed E-state index contributed by atoms with van der Waals surface area (Å²) in [7, 11) is 2.19. The molecule has 0 bridgehead atoms. The van der Waals surface area contributed by atoms with Crippen molar-refractivity contribution in [3.63, 3.8) is 0 Å². The maximum Gasteiger partial charge on any atom is 0.146 e. The molecular weight excluding hydrogens is 439 g/mol. The van der Waals surface area contributed by atoms with Gasteiger partial charge in [-0.2, -0.15) is 0 Å². The summed E-state index contributed by atoms with van der Waals surface area (Å²) in [6.45, 7) is 3.00. The topological polar surface area (TPSA) is 43.2 Å². The monoisotopic (exact) mass is 460 g/mol. The van der Waals surface area contributed by atoms with E-state index < -0.39 is 0 Å². The van der Waals surface area contributed by atoms with Crippen molar-refractivity contribution in [3.8, 4) is 0 Å². The lowest BCUT2D eigenvalue weighted by atomic mass is 9.82. The molecule has 0 amide bonds.